The molecule has 5 nitrogen and oxygen atoms in total. The van der Waals surface area contributed by atoms with E-state index in [2.05, 4.69) is 10.1 Å². The molecule has 0 saturated carbocycles. The number of halogens is 3. The normalized spacial score (nSPS) is 17.3. The molecule has 1 fully saturated rings. The number of aliphatic carboxylic acids is 1. The number of hydrogen-bond acceptors (Lipinski definition) is 4. The molecule has 2 N–H and O–H groups in total. The maximum atomic E-state index is 12.2. The van der Waals surface area contributed by atoms with Gasteiger partial charge in [-0.3, -0.25) is 4.79 Å². The first-order valence-corrected chi connectivity index (χ1v) is 7.87. The molecule has 0 atom stereocenters. The van der Waals surface area contributed by atoms with E-state index in [1.807, 2.05) is 0 Å². The highest BCUT2D eigenvalue weighted by Gasteiger charge is 2.41. The second-order valence-corrected chi connectivity index (χ2v) is 6.25. The van der Waals surface area contributed by atoms with Crippen LogP contribution in [0, 0.1) is 0 Å². The maximum absolute atomic E-state index is 12.2. The number of carbonyl (C=O) groups is 2. The van der Waals surface area contributed by atoms with Crippen molar-refractivity contribution in [3.05, 3.63) is 29.8 Å². The minimum absolute atomic E-state index is 0.0679. The number of nitrogens with one attached hydrogen (secondary N) is 1. The molecule has 0 radical (unpaired) electrons. The molecule has 0 bridgehead atoms. The van der Waals surface area contributed by atoms with Crippen LogP contribution in [0.15, 0.2) is 24.3 Å². The second kappa shape index (κ2) is 6.69. The molecule has 0 unspecified atom stereocenters. The summed E-state index contributed by atoms with van der Waals surface area (Å²) in [5.74, 6) is -0.965. The summed E-state index contributed by atoms with van der Waals surface area (Å²) in [5.41, 5.74) is -1.26. The van der Waals surface area contributed by atoms with Crippen LogP contribution in [0.25, 0.3) is 0 Å². The van der Waals surface area contributed by atoms with Gasteiger partial charge in [0.05, 0.1) is 0 Å². The van der Waals surface area contributed by atoms with Gasteiger partial charge >= 0.3 is 12.3 Å². The molecule has 1 aromatic carbocycles. The summed E-state index contributed by atoms with van der Waals surface area (Å²) in [4.78, 5) is 23.7. The number of alkyl halides is 3. The van der Waals surface area contributed by atoms with Crippen molar-refractivity contribution < 1.29 is 32.6 Å². The van der Waals surface area contributed by atoms with Crippen molar-refractivity contribution in [3.63, 3.8) is 0 Å². The number of thioether (sulfide) groups is 1. The highest BCUT2D eigenvalue weighted by Crippen LogP contribution is 2.28. The topological polar surface area (TPSA) is 75.6 Å². The Morgan fingerprint density at radius 1 is 1.17 bits per heavy atom. The van der Waals surface area contributed by atoms with Crippen molar-refractivity contribution in [1.29, 1.82) is 0 Å². The molecule has 1 aliphatic rings. The van der Waals surface area contributed by atoms with Crippen LogP contribution in [0.2, 0.25) is 0 Å². The molecular formula is C14H14F3NO4S. The molecule has 0 spiro atoms. The van der Waals surface area contributed by atoms with Crippen molar-refractivity contribution >= 4 is 23.6 Å². The Morgan fingerprint density at radius 3 is 2.22 bits per heavy atom. The zero-order chi connectivity index (χ0) is 17.1. The lowest BCUT2D eigenvalue weighted by Crippen LogP contribution is -2.56. The quantitative estimate of drug-likeness (QED) is 0.874. The largest absolute Gasteiger partial charge is 0.573 e. The molecule has 0 aromatic heterocycles. The predicted molar refractivity (Wildman–Crippen MR) is 77.5 cm³/mol. The van der Waals surface area contributed by atoms with Crippen molar-refractivity contribution in [2.75, 3.05) is 11.5 Å². The van der Waals surface area contributed by atoms with E-state index in [1.54, 1.807) is 11.8 Å². The molecule has 126 valence electrons. The SMILES string of the molecule is O=C(NC1(C(=O)O)CCSCC1)c1ccc(OC(F)(F)F)cc1. The van der Waals surface area contributed by atoms with Crippen LogP contribution in [-0.4, -0.2) is 40.4 Å². The molecule has 23 heavy (non-hydrogen) atoms. The first kappa shape index (κ1) is 17.5. The number of benzene rings is 1. The van der Waals surface area contributed by atoms with Gasteiger partial charge in [-0.2, -0.15) is 11.8 Å². The van der Waals surface area contributed by atoms with Gasteiger partial charge in [0.2, 0.25) is 0 Å². The van der Waals surface area contributed by atoms with E-state index < -0.39 is 29.5 Å². The third-order valence-electron chi connectivity index (χ3n) is 3.46. The van der Waals surface area contributed by atoms with Crippen LogP contribution < -0.4 is 10.1 Å². The molecular weight excluding hydrogens is 335 g/mol. The monoisotopic (exact) mass is 349 g/mol. The average Bonchev–Trinajstić information content (AvgIpc) is 2.47. The van der Waals surface area contributed by atoms with Gasteiger partial charge in [0, 0.05) is 5.56 Å². The Balaban J connectivity index is 2.09. The second-order valence-electron chi connectivity index (χ2n) is 5.03. The number of amides is 1. The molecule has 1 heterocycles. The van der Waals surface area contributed by atoms with Gasteiger partial charge in [0.25, 0.3) is 5.91 Å². The average molecular weight is 349 g/mol. The lowest BCUT2D eigenvalue weighted by atomic mass is 9.92. The summed E-state index contributed by atoms with van der Waals surface area (Å²) >= 11 is 1.61. The number of carboxylic acids is 1. The van der Waals surface area contributed by atoms with Gasteiger partial charge in [-0.15, -0.1) is 13.2 Å². The van der Waals surface area contributed by atoms with E-state index in [9.17, 15) is 27.9 Å². The Labute approximate surface area is 134 Å². The zero-order valence-corrected chi connectivity index (χ0v) is 12.7. The first-order chi connectivity index (χ1) is 10.7. The summed E-state index contributed by atoms with van der Waals surface area (Å²) in [6.45, 7) is 0. The molecule has 1 aliphatic heterocycles. The summed E-state index contributed by atoms with van der Waals surface area (Å²) in [7, 11) is 0. The lowest BCUT2D eigenvalue weighted by Gasteiger charge is -2.33. The van der Waals surface area contributed by atoms with Crippen molar-refractivity contribution in [2.45, 2.75) is 24.7 Å². The van der Waals surface area contributed by atoms with Gasteiger partial charge in [-0.1, -0.05) is 0 Å². The fraction of sp³-hybridized carbons (Fsp3) is 0.429. The Bertz CT molecular complexity index is 583. The number of hydrogen-bond donors (Lipinski definition) is 2. The van der Waals surface area contributed by atoms with Gasteiger partial charge in [0.1, 0.15) is 11.3 Å². The van der Waals surface area contributed by atoms with Gasteiger partial charge in [0.15, 0.2) is 0 Å². The smallest absolute Gasteiger partial charge is 0.480 e. The Kier molecular flexibility index (Phi) is 5.08. The molecule has 1 amide bonds. The molecule has 1 saturated heterocycles. The third kappa shape index (κ3) is 4.54. The van der Waals surface area contributed by atoms with Gasteiger partial charge in [-0.25, -0.2) is 4.79 Å². The highest BCUT2D eigenvalue weighted by molar-refractivity contribution is 7.99. The third-order valence-corrected chi connectivity index (χ3v) is 4.44. The van der Waals surface area contributed by atoms with Crippen LogP contribution in [0.3, 0.4) is 0 Å². The van der Waals surface area contributed by atoms with E-state index in [0.29, 0.717) is 24.3 Å². The molecule has 9 heteroatoms. The van der Waals surface area contributed by atoms with Crippen LogP contribution in [0.4, 0.5) is 13.2 Å². The summed E-state index contributed by atoms with van der Waals surface area (Å²) in [5, 5.41) is 11.9. The fourth-order valence-corrected chi connectivity index (χ4v) is 3.40. The van der Waals surface area contributed by atoms with E-state index in [1.165, 1.54) is 0 Å². The maximum Gasteiger partial charge on any atom is 0.573 e. The predicted octanol–water partition coefficient (Wildman–Crippen LogP) is 2.67. The van der Waals surface area contributed by atoms with Crippen molar-refractivity contribution in [2.24, 2.45) is 0 Å². The number of carbonyl (C=O) groups excluding carboxylic acids is 1. The van der Waals surface area contributed by atoms with Gasteiger partial charge < -0.3 is 15.2 Å². The Hall–Kier alpha value is -1.90. The van der Waals surface area contributed by atoms with E-state index in [-0.39, 0.29) is 5.56 Å². The highest BCUT2D eigenvalue weighted by atomic mass is 32.2. The van der Waals surface area contributed by atoms with E-state index in [0.717, 1.165) is 24.3 Å². The standard InChI is InChI=1S/C14H14F3NO4S/c15-14(16,17)22-10-3-1-9(2-4-10)11(19)18-13(12(20)21)5-7-23-8-6-13/h1-4H,5-8H2,(H,18,19)(H,20,21). The minimum atomic E-state index is -4.81. The summed E-state index contributed by atoms with van der Waals surface area (Å²) in [6.07, 6.45) is -4.21. The number of carboxylic acid groups (broad SMARTS) is 1. The lowest BCUT2D eigenvalue weighted by molar-refractivity contribution is -0.274. The molecule has 1 aromatic rings. The van der Waals surface area contributed by atoms with Crippen LogP contribution >= 0.6 is 11.8 Å². The van der Waals surface area contributed by atoms with E-state index >= 15 is 0 Å². The van der Waals surface area contributed by atoms with Gasteiger partial charge in [-0.05, 0) is 48.6 Å². The van der Waals surface area contributed by atoms with Crippen LogP contribution in [0.5, 0.6) is 5.75 Å². The summed E-state index contributed by atoms with van der Waals surface area (Å²) in [6, 6.07) is 4.33. The van der Waals surface area contributed by atoms with Crippen LogP contribution in [-0.2, 0) is 4.79 Å². The number of rotatable bonds is 4. The Morgan fingerprint density at radius 2 is 1.74 bits per heavy atom. The van der Waals surface area contributed by atoms with Crippen molar-refractivity contribution in [3.8, 4) is 5.75 Å². The van der Waals surface area contributed by atoms with Crippen LogP contribution in [0.1, 0.15) is 23.2 Å². The summed E-state index contributed by atoms with van der Waals surface area (Å²) < 4.78 is 40.0. The van der Waals surface area contributed by atoms with E-state index in [4.69, 9.17) is 0 Å². The molecule has 2 rings (SSSR count). The fourth-order valence-electron chi connectivity index (χ4n) is 2.21. The first-order valence-electron chi connectivity index (χ1n) is 6.71. The number of ether oxygens (including phenoxy) is 1. The minimum Gasteiger partial charge on any atom is -0.480 e. The van der Waals surface area contributed by atoms with Crippen molar-refractivity contribution in [1.82, 2.24) is 5.32 Å². The molecule has 0 aliphatic carbocycles. The zero-order valence-electron chi connectivity index (χ0n) is 11.9.